The molecular formula is C42H46O10. The molecule has 0 aromatic heterocycles. The molecule has 0 aliphatic heterocycles. The average molecular weight is 711 g/mol. The summed E-state index contributed by atoms with van der Waals surface area (Å²) in [6, 6.07) is 22.3. The van der Waals surface area contributed by atoms with Gasteiger partial charge in [0.25, 0.3) is 0 Å². The van der Waals surface area contributed by atoms with Crippen LogP contribution < -0.4 is 9.47 Å². The minimum absolute atomic E-state index is 0.0200. The van der Waals surface area contributed by atoms with Crippen LogP contribution in [0, 0.1) is 0 Å². The number of benzene rings is 3. The molecule has 3 aromatic rings. The van der Waals surface area contributed by atoms with Crippen molar-refractivity contribution < 1.29 is 48.0 Å². The van der Waals surface area contributed by atoms with Gasteiger partial charge in [-0.3, -0.25) is 9.59 Å². The Kier molecular flexibility index (Phi) is 15.9. The molecule has 1 aliphatic rings. The Labute approximate surface area is 304 Å². The lowest BCUT2D eigenvalue weighted by Gasteiger charge is -2.21. The maximum atomic E-state index is 12.8. The Morgan fingerprint density at radius 3 is 1.75 bits per heavy atom. The van der Waals surface area contributed by atoms with Gasteiger partial charge in [0.2, 0.25) is 0 Å². The summed E-state index contributed by atoms with van der Waals surface area (Å²) >= 11 is 0. The van der Waals surface area contributed by atoms with Crippen molar-refractivity contribution in [1.82, 2.24) is 0 Å². The van der Waals surface area contributed by atoms with Crippen molar-refractivity contribution >= 4 is 29.8 Å². The first-order chi connectivity index (χ1) is 25.2. The number of hydrogen-bond acceptors (Lipinski definition) is 10. The van der Waals surface area contributed by atoms with E-state index in [-0.39, 0.29) is 42.7 Å². The molecule has 3 aromatic carbocycles. The minimum Gasteiger partial charge on any atom is -0.493 e. The molecule has 0 amide bonds. The number of esters is 3. The number of ether oxygens (including phenoxy) is 5. The van der Waals surface area contributed by atoms with Gasteiger partial charge in [0.05, 0.1) is 45.0 Å². The molecule has 1 N–H and O–H groups in total. The molecule has 0 radical (unpaired) electrons. The fourth-order valence-electron chi connectivity index (χ4n) is 5.27. The summed E-state index contributed by atoms with van der Waals surface area (Å²) in [7, 11) is 0. The zero-order valence-corrected chi connectivity index (χ0v) is 29.4. The smallest absolute Gasteiger partial charge is 0.335 e. The second-order valence-electron chi connectivity index (χ2n) is 12.3. The highest BCUT2D eigenvalue weighted by atomic mass is 16.6. The fraction of sp³-hybridized carbons (Fsp3) is 0.333. The molecule has 0 atom stereocenters. The van der Waals surface area contributed by atoms with Crippen molar-refractivity contribution in [1.29, 1.82) is 0 Å². The lowest BCUT2D eigenvalue weighted by atomic mass is 9.98. The highest BCUT2D eigenvalue weighted by Crippen LogP contribution is 2.24. The summed E-state index contributed by atoms with van der Waals surface area (Å²) in [6.07, 6.45) is 8.99. The minimum atomic E-state index is -0.621. The number of aliphatic hydroxyl groups excluding tert-OH is 1. The molecule has 0 bridgehead atoms. The van der Waals surface area contributed by atoms with E-state index in [9.17, 15) is 19.2 Å². The molecule has 52 heavy (non-hydrogen) atoms. The summed E-state index contributed by atoms with van der Waals surface area (Å²) < 4.78 is 27.1. The van der Waals surface area contributed by atoms with E-state index in [1.54, 1.807) is 30.3 Å². The van der Waals surface area contributed by atoms with Crippen LogP contribution in [-0.4, -0.2) is 67.9 Å². The Morgan fingerprint density at radius 2 is 1.19 bits per heavy atom. The van der Waals surface area contributed by atoms with Gasteiger partial charge >= 0.3 is 17.9 Å². The highest BCUT2D eigenvalue weighted by Gasteiger charge is 2.20. The van der Waals surface area contributed by atoms with Crippen molar-refractivity contribution in [3.63, 3.8) is 0 Å². The van der Waals surface area contributed by atoms with E-state index >= 15 is 0 Å². The van der Waals surface area contributed by atoms with Gasteiger partial charge in [-0.2, -0.15) is 0 Å². The number of carbonyl (C=O) groups excluding carboxylic acids is 4. The maximum Gasteiger partial charge on any atom is 0.335 e. The topological polar surface area (TPSA) is 135 Å². The fourth-order valence-corrected chi connectivity index (χ4v) is 5.27. The van der Waals surface area contributed by atoms with Crippen molar-refractivity contribution in [2.24, 2.45) is 0 Å². The van der Waals surface area contributed by atoms with E-state index in [0.717, 1.165) is 48.8 Å². The SMILES string of the molecule is C=C(CO)C(=O)OCCCOc1ccc(-c2ccc(/C=C/C(=O)c3ccc(OCCCOC(=O)C(=C)CC(=O)OC4CCCCC4)cc3)cc2)cc1. The number of hydrogen-bond donors (Lipinski definition) is 1. The van der Waals surface area contributed by atoms with Crippen LogP contribution in [0.15, 0.2) is 103 Å². The molecule has 10 heteroatoms. The van der Waals surface area contributed by atoms with Crippen LogP contribution in [0.25, 0.3) is 17.2 Å². The van der Waals surface area contributed by atoms with Gasteiger partial charge in [-0.1, -0.05) is 62.1 Å². The molecular weight excluding hydrogens is 664 g/mol. The van der Waals surface area contributed by atoms with E-state index in [4.69, 9.17) is 28.8 Å². The maximum absolute atomic E-state index is 12.8. The summed E-state index contributed by atoms with van der Waals surface area (Å²) in [4.78, 5) is 48.5. The van der Waals surface area contributed by atoms with E-state index in [2.05, 4.69) is 13.2 Å². The van der Waals surface area contributed by atoms with Gasteiger partial charge in [-0.15, -0.1) is 0 Å². The second-order valence-corrected chi connectivity index (χ2v) is 12.3. The first kappa shape index (κ1) is 39.3. The molecule has 0 spiro atoms. The lowest BCUT2D eigenvalue weighted by Crippen LogP contribution is -2.22. The van der Waals surface area contributed by atoms with Gasteiger partial charge in [0, 0.05) is 24.0 Å². The van der Waals surface area contributed by atoms with Gasteiger partial charge in [-0.05, 0) is 84.8 Å². The molecule has 0 unspecified atom stereocenters. The van der Waals surface area contributed by atoms with Crippen LogP contribution in [0.1, 0.15) is 67.3 Å². The molecule has 1 aliphatic carbocycles. The van der Waals surface area contributed by atoms with Crippen LogP contribution in [0.4, 0.5) is 0 Å². The van der Waals surface area contributed by atoms with E-state index in [1.807, 2.05) is 48.5 Å². The van der Waals surface area contributed by atoms with Gasteiger partial charge < -0.3 is 28.8 Å². The lowest BCUT2D eigenvalue weighted by molar-refractivity contribution is -0.151. The summed E-state index contributed by atoms with van der Waals surface area (Å²) in [5.41, 5.74) is 3.51. The molecule has 1 fully saturated rings. The Balaban J connectivity index is 1.11. The number of aliphatic hydroxyl groups is 1. The van der Waals surface area contributed by atoms with Crippen LogP contribution in [-0.2, 0) is 28.6 Å². The number of ketones is 1. The van der Waals surface area contributed by atoms with Crippen molar-refractivity contribution in [3.8, 4) is 22.6 Å². The van der Waals surface area contributed by atoms with E-state index in [0.29, 0.717) is 43.1 Å². The van der Waals surface area contributed by atoms with E-state index < -0.39 is 24.5 Å². The third-order valence-corrected chi connectivity index (χ3v) is 8.22. The summed E-state index contributed by atoms with van der Waals surface area (Å²) in [5, 5.41) is 8.89. The average Bonchev–Trinajstić information content (AvgIpc) is 3.17. The van der Waals surface area contributed by atoms with Gasteiger partial charge in [-0.25, -0.2) is 9.59 Å². The number of rotatable bonds is 20. The Bertz CT molecular complexity index is 1680. The first-order valence-corrected chi connectivity index (χ1v) is 17.5. The summed E-state index contributed by atoms with van der Waals surface area (Å²) in [6.45, 7) is 7.63. The largest absolute Gasteiger partial charge is 0.493 e. The van der Waals surface area contributed by atoms with Crippen LogP contribution in [0.3, 0.4) is 0 Å². The molecule has 274 valence electrons. The first-order valence-electron chi connectivity index (χ1n) is 17.5. The second kappa shape index (κ2) is 21.0. The number of allylic oxidation sites excluding steroid dienone is 1. The van der Waals surface area contributed by atoms with Crippen LogP contribution >= 0.6 is 0 Å². The quantitative estimate of drug-likeness (QED) is 0.0420. The van der Waals surface area contributed by atoms with Gasteiger partial charge in [0.15, 0.2) is 5.78 Å². The monoisotopic (exact) mass is 710 g/mol. The van der Waals surface area contributed by atoms with Gasteiger partial charge in [0.1, 0.15) is 17.6 Å². The van der Waals surface area contributed by atoms with Crippen molar-refractivity contribution in [3.05, 3.63) is 114 Å². The predicted octanol–water partition coefficient (Wildman–Crippen LogP) is 7.24. The number of carbonyl (C=O) groups is 4. The molecule has 10 nitrogen and oxygen atoms in total. The van der Waals surface area contributed by atoms with E-state index in [1.165, 1.54) is 6.08 Å². The third-order valence-electron chi connectivity index (χ3n) is 8.22. The third kappa shape index (κ3) is 13.3. The zero-order valence-electron chi connectivity index (χ0n) is 29.4. The van der Waals surface area contributed by atoms with Crippen molar-refractivity contribution in [2.75, 3.05) is 33.0 Å². The highest BCUT2D eigenvalue weighted by molar-refractivity contribution is 6.06. The standard InChI is InChI=1S/C42H46O10/c1-30(28-40(45)52-38-8-4-3-5-9-38)41(46)50-26-6-24-49-37-21-17-35(18-22-37)39(44)23-12-32-10-13-33(14-11-32)34-15-19-36(20-16-34)48-25-7-27-51-42(47)31(2)29-43/h10-23,38,43H,1-9,24-29H2/b23-12+. The molecule has 0 heterocycles. The molecule has 1 saturated carbocycles. The normalized spacial score (nSPS) is 12.9. The van der Waals surface area contributed by atoms with Crippen molar-refractivity contribution in [2.45, 2.75) is 57.5 Å². The molecule has 4 rings (SSSR count). The Morgan fingerprint density at radius 1 is 0.673 bits per heavy atom. The molecule has 0 saturated heterocycles. The summed E-state index contributed by atoms with van der Waals surface area (Å²) in [5.74, 6) is -0.545. The predicted molar refractivity (Wildman–Crippen MR) is 197 cm³/mol. The van der Waals surface area contributed by atoms with Crippen LogP contribution in [0.2, 0.25) is 0 Å². The Hall–Kier alpha value is -5.48. The zero-order chi connectivity index (χ0) is 37.1. The van der Waals surface area contributed by atoms with Crippen LogP contribution in [0.5, 0.6) is 11.5 Å².